The Morgan fingerprint density at radius 1 is 1.03 bits per heavy atom. The molecule has 0 aliphatic rings. The van der Waals surface area contributed by atoms with E-state index in [1.54, 1.807) is 11.0 Å². The zero-order valence-electron chi connectivity index (χ0n) is 18.9. The van der Waals surface area contributed by atoms with Gasteiger partial charge in [0.25, 0.3) is 0 Å². The van der Waals surface area contributed by atoms with E-state index in [9.17, 15) is 9.59 Å². The van der Waals surface area contributed by atoms with Crippen LogP contribution in [0, 0.1) is 5.92 Å². The molecule has 2 aromatic rings. The molecular formula is C25H32Cl2N2O2S. The number of carbonyl (C=O) groups excluding carboxylic acids is 2. The van der Waals surface area contributed by atoms with Crippen LogP contribution in [0.25, 0.3) is 0 Å². The van der Waals surface area contributed by atoms with Gasteiger partial charge < -0.3 is 10.2 Å². The van der Waals surface area contributed by atoms with Gasteiger partial charge in [-0.05, 0) is 42.0 Å². The van der Waals surface area contributed by atoms with Crippen molar-refractivity contribution in [1.29, 1.82) is 0 Å². The number of nitrogens with one attached hydrogen (secondary N) is 1. The quantitative estimate of drug-likeness (QED) is 0.402. The monoisotopic (exact) mass is 494 g/mol. The van der Waals surface area contributed by atoms with Gasteiger partial charge in [-0.3, -0.25) is 9.59 Å². The third kappa shape index (κ3) is 8.68. The summed E-state index contributed by atoms with van der Waals surface area (Å²) in [7, 11) is 0. The van der Waals surface area contributed by atoms with E-state index >= 15 is 0 Å². The molecule has 4 nitrogen and oxygen atoms in total. The molecule has 0 aliphatic heterocycles. The third-order valence-electron chi connectivity index (χ3n) is 5.03. The van der Waals surface area contributed by atoms with Crippen LogP contribution >= 0.6 is 35.0 Å². The Hall–Kier alpha value is -1.69. The van der Waals surface area contributed by atoms with Crippen LogP contribution in [0.4, 0.5) is 0 Å². The summed E-state index contributed by atoms with van der Waals surface area (Å²) in [6.45, 7) is 7.16. The van der Waals surface area contributed by atoms with Crippen molar-refractivity contribution in [3.05, 3.63) is 69.7 Å². The van der Waals surface area contributed by atoms with Crippen LogP contribution in [0.5, 0.6) is 0 Å². The normalized spacial score (nSPS) is 11.9. The number of carbonyl (C=O) groups is 2. The topological polar surface area (TPSA) is 49.4 Å². The molecule has 2 amide bonds. The lowest BCUT2D eigenvalue weighted by Gasteiger charge is -2.31. The fraction of sp³-hybridized carbons (Fsp3) is 0.440. The lowest BCUT2D eigenvalue weighted by molar-refractivity contribution is -0.138. The Morgan fingerprint density at radius 3 is 2.38 bits per heavy atom. The van der Waals surface area contributed by atoms with Crippen molar-refractivity contribution in [2.45, 2.75) is 45.4 Å². The highest BCUT2D eigenvalue weighted by Crippen LogP contribution is 2.25. The molecule has 1 atom stereocenters. The van der Waals surface area contributed by atoms with Crippen molar-refractivity contribution in [3.63, 3.8) is 0 Å². The minimum absolute atomic E-state index is 0.0301. The summed E-state index contributed by atoms with van der Waals surface area (Å²) < 4.78 is 0. The molecule has 0 bridgehead atoms. The minimum Gasteiger partial charge on any atom is -0.354 e. The first kappa shape index (κ1) is 26.6. The van der Waals surface area contributed by atoms with Gasteiger partial charge in [0.1, 0.15) is 6.04 Å². The van der Waals surface area contributed by atoms with Crippen molar-refractivity contribution in [3.8, 4) is 0 Å². The van der Waals surface area contributed by atoms with Crippen LogP contribution in [-0.2, 0) is 21.8 Å². The van der Waals surface area contributed by atoms with E-state index < -0.39 is 6.04 Å². The lowest BCUT2D eigenvalue weighted by atomic mass is 10.1. The highest BCUT2D eigenvalue weighted by atomic mass is 35.5. The van der Waals surface area contributed by atoms with Gasteiger partial charge >= 0.3 is 0 Å². The number of hydrogen-bond donors (Lipinski definition) is 1. The molecule has 2 aromatic carbocycles. The number of hydrogen-bond acceptors (Lipinski definition) is 3. The van der Waals surface area contributed by atoms with Crippen LogP contribution in [0.2, 0.25) is 10.0 Å². The Morgan fingerprint density at radius 2 is 1.75 bits per heavy atom. The number of nitrogens with zero attached hydrogens (tertiary/aromatic N) is 1. The molecule has 0 spiro atoms. The van der Waals surface area contributed by atoms with E-state index in [4.69, 9.17) is 23.2 Å². The first-order valence-corrected chi connectivity index (χ1v) is 12.9. The zero-order valence-corrected chi connectivity index (χ0v) is 21.3. The standard InChI is InChI=1S/C25H32Cl2N2O2S/c1-4-23(25(31)28-15-18(2)3)29(13-12-19-8-6-5-7-9-19)24(30)17-32-16-20-10-11-21(26)22(27)14-20/h5-11,14,18,23H,4,12-13,15-17H2,1-3H3,(H,28,31)/t23-/m0/s1. The second-order valence-corrected chi connectivity index (χ2v) is 9.93. The molecule has 7 heteroatoms. The van der Waals surface area contributed by atoms with E-state index in [0.717, 1.165) is 11.1 Å². The van der Waals surface area contributed by atoms with Crippen LogP contribution in [0.15, 0.2) is 48.5 Å². The summed E-state index contributed by atoms with van der Waals surface area (Å²) in [5, 5.41) is 4.02. The lowest BCUT2D eigenvalue weighted by Crippen LogP contribution is -2.51. The number of halogens is 2. The summed E-state index contributed by atoms with van der Waals surface area (Å²) in [6, 6.07) is 15.1. The van der Waals surface area contributed by atoms with Gasteiger partial charge in [0.05, 0.1) is 15.8 Å². The molecule has 0 radical (unpaired) electrons. The maximum Gasteiger partial charge on any atom is 0.242 e. The molecule has 0 fully saturated rings. The highest BCUT2D eigenvalue weighted by Gasteiger charge is 2.28. The minimum atomic E-state index is -0.476. The first-order chi connectivity index (χ1) is 15.3. The summed E-state index contributed by atoms with van der Waals surface area (Å²) >= 11 is 13.6. The summed E-state index contributed by atoms with van der Waals surface area (Å²) in [5.74, 6) is 1.18. The Bertz CT molecular complexity index is 878. The van der Waals surface area contributed by atoms with E-state index in [1.165, 1.54) is 11.8 Å². The molecule has 174 valence electrons. The van der Waals surface area contributed by atoms with Crippen LogP contribution < -0.4 is 5.32 Å². The van der Waals surface area contributed by atoms with Gasteiger partial charge in [-0.15, -0.1) is 11.8 Å². The van der Waals surface area contributed by atoms with E-state index in [-0.39, 0.29) is 11.8 Å². The predicted octanol–water partition coefficient (Wildman–Crippen LogP) is 5.85. The van der Waals surface area contributed by atoms with Crippen molar-refractivity contribution in [1.82, 2.24) is 10.2 Å². The zero-order chi connectivity index (χ0) is 23.5. The average Bonchev–Trinajstić information content (AvgIpc) is 2.78. The van der Waals surface area contributed by atoms with Crippen molar-refractivity contribution < 1.29 is 9.59 Å². The average molecular weight is 496 g/mol. The van der Waals surface area contributed by atoms with Gasteiger partial charge in [-0.25, -0.2) is 0 Å². The van der Waals surface area contributed by atoms with Crippen molar-refractivity contribution >= 4 is 46.8 Å². The Kier molecular flexibility index (Phi) is 11.4. The van der Waals surface area contributed by atoms with Crippen molar-refractivity contribution in [2.75, 3.05) is 18.8 Å². The molecule has 0 aromatic heterocycles. The molecule has 1 N–H and O–H groups in total. The van der Waals surface area contributed by atoms with Crippen LogP contribution in [-0.4, -0.2) is 41.6 Å². The molecule has 0 unspecified atom stereocenters. The molecule has 0 saturated carbocycles. The Labute approximate surface area is 206 Å². The summed E-state index contributed by atoms with van der Waals surface area (Å²) in [4.78, 5) is 27.8. The fourth-order valence-corrected chi connectivity index (χ4v) is 4.47. The van der Waals surface area contributed by atoms with Crippen molar-refractivity contribution in [2.24, 2.45) is 5.92 Å². The van der Waals surface area contributed by atoms with Crippen LogP contribution in [0.3, 0.4) is 0 Å². The summed E-state index contributed by atoms with van der Waals surface area (Å²) in [5.41, 5.74) is 2.15. The van der Waals surface area contributed by atoms with Crippen LogP contribution in [0.1, 0.15) is 38.3 Å². The third-order valence-corrected chi connectivity index (χ3v) is 6.76. The number of rotatable bonds is 12. The maximum atomic E-state index is 13.2. The predicted molar refractivity (Wildman–Crippen MR) is 136 cm³/mol. The maximum absolute atomic E-state index is 13.2. The molecular weight excluding hydrogens is 463 g/mol. The second kappa shape index (κ2) is 13.8. The molecule has 0 aliphatic carbocycles. The molecule has 2 rings (SSSR count). The van der Waals surface area contributed by atoms with Gasteiger partial charge in [0.2, 0.25) is 11.8 Å². The van der Waals surface area contributed by atoms with Gasteiger partial charge in [0.15, 0.2) is 0 Å². The van der Waals surface area contributed by atoms with E-state index in [0.29, 0.717) is 53.4 Å². The van der Waals surface area contributed by atoms with E-state index in [2.05, 4.69) is 19.2 Å². The smallest absolute Gasteiger partial charge is 0.242 e. The number of amides is 2. The van der Waals surface area contributed by atoms with Gasteiger partial charge in [0, 0.05) is 18.8 Å². The fourth-order valence-electron chi connectivity index (χ4n) is 3.29. The number of benzene rings is 2. The second-order valence-electron chi connectivity index (χ2n) is 8.13. The Balaban J connectivity index is 2.05. The molecule has 32 heavy (non-hydrogen) atoms. The molecule has 0 heterocycles. The largest absolute Gasteiger partial charge is 0.354 e. The summed E-state index contributed by atoms with van der Waals surface area (Å²) in [6.07, 6.45) is 1.28. The number of thioether (sulfide) groups is 1. The SMILES string of the molecule is CC[C@@H](C(=O)NCC(C)C)N(CCc1ccccc1)C(=O)CSCc1ccc(Cl)c(Cl)c1. The van der Waals surface area contributed by atoms with E-state index in [1.807, 2.05) is 49.4 Å². The highest BCUT2D eigenvalue weighted by molar-refractivity contribution is 7.99. The first-order valence-electron chi connectivity index (χ1n) is 10.9. The molecule has 0 saturated heterocycles. The van der Waals surface area contributed by atoms with Gasteiger partial charge in [-0.1, -0.05) is 80.4 Å². The van der Waals surface area contributed by atoms with Gasteiger partial charge in [-0.2, -0.15) is 0 Å².